The number of methoxy groups -OCH3 is 3. The molecular weight excluding hydrogens is 416 g/mol. The molecule has 3 rings (SSSR count). The van der Waals surface area contributed by atoms with Crippen molar-refractivity contribution in [2.45, 2.75) is 23.1 Å². The average Bonchev–Trinajstić information content (AvgIpc) is 3.43. The molecule has 10 heteroatoms. The lowest BCUT2D eigenvalue weighted by molar-refractivity contribution is 0.0946. The molecule has 1 amide bonds. The summed E-state index contributed by atoms with van der Waals surface area (Å²) in [5.74, 6) is 0.805. The second-order valence-corrected chi connectivity index (χ2v) is 9.53. The van der Waals surface area contributed by atoms with Gasteiger partial charge in [-0.05, 0) is 36.4 Å². The third-order valence-electron chi connectivity index (χ3n) is 4.81. The number of hydrogen-bond donors (Lipinski definition) is 1. The highest BCUT2D eigenvalue weighted by molar-refractivity contribution is 7.91. The predicted octanol–water partition coefficient (Wildman–Crippen LogP) is 2.36. The van der Waals surface area contributed by atoms with Crippen LogP contribution in [0, 0.1) is 0 Å². The van der Waals surface area contributed by atoms with Crippen LogP contribution in [0.2, 0.25) is 0 Å². The van der Waals surface area contributed by atoms with Crippen LogP contribution in [0.25, 0.3) is 0 Å². The molecule has 1 aromatic carbocycles. The number of nitrogens with zero attached hydrogens (tertiary/aromatic N) is 1. The molecule has 29 heavy (non-hydrogen) atoms. The van der Waals surface area contributed by atoms with Crippen LogP contribution in [0.15, 0.2) is 33.9 Å². The van der Waals surface area contributed by atoms with Crippen molar-refractivity contribution in [3.63, 3.8) is 0 Å². The van der Waals surface area contributed by atoms with Gasteiger partial charge in [-0.3, -0.25) is 4.79 Å². The van der Waals surface area contributed by atoms with Gasteiger partial charge in [0.05, 0.1) is 21.3 Å². The van der Waals surface area contributed by atoms with Crippen LogP contribution in [0.4, 0.5) is 0 Å². The predicted molar refractivity (Wildman–Crippen MR) is 110 cm³/mol. The third-order valence-corrected chi connectivity index (χ3v) is 8.13. The number of amides is 1. The molecule has 1 aromatic heterocycles. The van der Waals surface area contributed by atoms with Gasteiger partial charge in [0, 0.05) is 24.7 Å². The zero-order valence-corrected chi connectivity index (χ0v) is 18.1. The number of thiophene rings is 1. The van der Waals surface area contributed by atoms with Crippen molar-refractivity contribution >= 4 is 27.3 Å². The van der Waals surface area contributed by atoms with Crippen molar-refractivity contribution in [3.05, 3.63) is 35.2 Å². The molecule has 0 bridgehead atoms. The lowest BCUT2D eigenvalue weighted by Crippen LogP contribution is -2.42. The Bertz CT molecular complexity index is 934. The number of sulfonamides is 1. The van der Waals surface area contributed by atoms with Gasteiger partial charge >= 0.3 is 0 Å². The fourth-order valence-corrected chi connectivity index (χ4v) is 6.19. The maximum absolute atomic E-state index is 12.8. The number of nitrogens with one attached hydrogen (secondary N) is 1. The van der Waals surface area contributed by atoms with Crippen molar-refractivity contribution in [2.24, 2.45) is 0 Å². The molecule has 158 valence electrons. The van der Waals surface area contributed by atoms with E-state index in [9.17, 15) is 13.2 Å². The molecule has 1 fully saturated rings. The van der Waals surface area contributed by atoms with Gasteiger partial charge in [0.2, 0.25) is 5.75 Å². The van der Waals surface area contributed by atoms with Gasteiger partial charge in [0.15, 0.2) is 11.5 Å². The van der Waals surface area contributed by atoms with E-state index in [1.165, 1.54) is 37.0 Å². The Balaban J connectivity index is 1.73. The van der Waals surface area contributed by atoms with Crippen molar-refractivity contribution < 1.29 is 27.4 Å². The fraction of sp³-hybridized carbons (Fsp3) is 0.421. The number of carbonyl (C=O) groups excluding carboxylic acids is 1. The molecule has 2 heterocycles. The van der Waals surface area contributed by atoms with E-state index in [1.54, 1.807) is 29.6 Å². The summed E-state index contributed by atoms with van der Waals surface area (Å²) >= 11 is 1.20. The van der Waals surface area contributed by atoms with Crippen LogP contribution in [0.5, 0.6) is 17.2 Å². The van der Waals surface area contributed by atoms with Gasteiger partial charge in [-0.15, -0.1) is 11.3 Å². The molecule has 0 aliphatic carbocycles. The summed E-state index contributed by atoms with van der Waals surface area (Å²) in [5.41, 5.74) is 0.338. The Hall–Kier alpha value is -2.30. The molecule has 1 N–H and O–H groups in total. The minimum atomic E-state index is -3.54. The summed E-state index contributed by atoms with van der Waals surface area (Å²) in [7, 11) is 0.900. The quantitative estimate of drug-likeness (QED) is 0.677. The standard InChI is InChI=1S/C19H24N2O6S2/c1-25-15-10-13(11-16(26-2)18(15)27-3)19(22)20-12-14-6-4-8-21(14)29(23,24)17-7-5-9-28-17/h5,7,9-11,14H,4,6,8,12H2,1-3H3,(H,20,22)/t14-/m0/s1. The molecule has 0 unspecified atom stereocenters. The molecule has 1 saturated heterocycles. The largest absolute Gasteiger partial charge is 0.493 e. The van der Waals surface area contributed by atoms with Gasteiger partial charge in [0.25, 0.3) is 15.9 Å². The fourth-order valence-electron chi connectivity index (χ4n) is 3.38. The molecular formula is C19H24N2O6S2. The van der Waals surface area contributed by atoms with Crippen LogP contribution in [0.1, 0.15) is 23.2 Å². The molecule has 1 aliphatic heterocycles. The van der Waals surface area contributed by atoms with Gasteiger partial charge in [-0.1, -0.05) is 6.07 Å². The monoisotopic (exact) mass is 440 g/mol. The van der Waals surface area contributed by atoms with Crippen molar-refractivity contribution in [1.29, 1.82) is 0 Å². The second-order valence-electron chi connectivity index (χ2n) is 6.47. The molecule has 0 spiro atoms. The van der Waals surface area contributed by atoms with Crippen molar-refractivity contribution in [2.75, 3.05) is 34.4 Å². The normalized spacial score (nSPS) is 17.1. The highest BCUT2D eigenvalue weighted by atomic mass is 32.2. The van der Waals surface area contributed by atoms with E-state index in [1.807, 2.05) is 0 Å². The first-order valence-corrected chi connectivity index (χ1v) is 11.4. The van der Waals surface area contributed by atoms with Crippen LogP contribution in [-0.4, -0.2) is 59.1 Å². The summed E-state index contributed by atoms with van der Waals surface area (Å²) in [6.07, 6.45) is 1.45. The number of hydrogen-bond acceptors (Lipinski definition) is 7. The Morgan fingerprint density at radius 2 is 1.90 bits per heavy atom. The zero-order chi connectivity index (χ0) is 21.0. The summed E-state index contributed by atoms with van der Waals surface area (Å²) in [5, 5.41) is 4.58. The minimum Gasteiger partial charge on any atom is -0.493 e. The second kappa shape index (κ2) is 9.02. The van der Waals surface area contributed by atoms with Crippen molar-refractivity contribution in [1.82, 2.24) is 9.62 Å². The van der Waals surface area contributed by atoms with Crippen LogP contribution < -0.4 is 19.5 Å². The maximum Gasteiger partial charge on any atom is 0.252 e. The first-order valence-electron chi connectivity index (χ1n) is 9.06. The minimum absolute atomic E-state index is 0.222. The number of rotatable bonds is 8. The van der Waals surface area contributed by atoms with Gasteiger partial charge in [0.1, 0.15) is 4.21 Å². The van der Waals surface area contributed by atoms with E-state index < -0.39 is 10.0 Å². The van der Waals surface area contributed by atoms with Gasteiger partial charge in [-0.25, -0.2) is 8.42 Å². The molecule has 1 aliphatic rings. The molecule has 2 aromatic rings. The van der Waals surface area contributed by atoms with Crippen LogP contribution in [-0.2, 0) is 10.0 Å². The van der Waals surface area contributed by atoms with Gasteiger partial charge in [-0.2, -0.15) is 4.31 Å². The lowest BCUT2D eigenvalue weighted by atomic mass is 10.1. The Kier molecular flexibility index (Phi) is 6.66. The summed E-state index contributed by atoms with van der Waals surface area (Å²) < 4.78 is 43.3. The molecule has 0 saturated carbocycles. The zero-order valence-electron chi connectivity index (χ0n) is 16.5. The summed E-state index contributed by atoms with van der Waals surface area (Å²) in [6, 6.07) is 6.16. The van der Waals surface area contributed by atoms with E-state index >= 15 is 0 Å². The van der Waals surface area contributed by atoms with E-state index in [0.29, 0.717) is 40.0 Å². The number of carbonyl (C=O) groups is 1. The van der Waals surface area contributed by atoms with Crippen molar-refractivity contribution in [3.8, 4) is 17.2 Å². The third kappa shape index (κ3) is 4.34. The van der Waals surface area contributed by atoms with Crippen LogP contribution in [0.3, 0.4) is 0 Å². The summed E-state index contributed by atoms with van der Waals surface area (Å²) in [6.45, 7) is 0.672. The number of benzene rings is 1. The van der Waals surface area contributed by atoms with Crippen LogP contribution >= 0.6 is 11.3 Å². The summed E-state index contributed by atoms with van der Waals surface area (Å²) in [4.78, 5) is 12.7. The molecule has 1 atom stereocenters. The Labute approximate surface area is 174 Å². The molecule has 8 nitrogen and oxygen atoms in total. The molecule has 0 radical (unpaired) electrons. The first kappa shape index (κ1) is 21.4. The lowest BCUT2D eigenvalue weighted by Gasteiger charge is -2.23. The van der Waals surface area contributed by atoms with E-state index in [2.05, 4.69) is 5.32 Å². The van der Waals surface area contributed by atoms with E-state index in [-0.39, 0.29) is 18.5 Å². The SMILES string of the molecule is COc1cc(C(=O)NC[C@@H]2CCCN2S(=O)(=O)c2cccs2)cc(OC)c1OC. The Morgan fingerprint density at radius 1 is 1.21 bits per heavy atom. The average molecular weight is 441 g/mol. The highest BCUT2D eigenvalue weighted by Crippen LogP contribution is 2.38. The van der Waals surface area contributed by atoms with E-state index in [4.69, 9.17) is 14.2 Å². The Morgan fingerprint density at radius 3 is 2.45 bits per heavy atom. The smallest absolute Gasteiger partial charge is 0.252 e. The van der Waals surface area contributed by atoms with Gasteiger partial charge < -0.3 is 19.5 Å². The topological polar surface area (TPSA) is 94.2 Å². The van der Waals surface area contributed by atoms with E-state index in [0.717, 1.165) is 6.42 Å². The number of ether oxygens (including phenoxy) is 3. The maximum atomic E-state index is 12.8. The highest BCUT2D eigenvalue weighted by Gasteiger charge is 2.36. The first-order chi connectivity index (χ1) is 13.9.